The van der Waals surface area contributed by atoms with Gasteiger partial charge in [0, 0.05) is 13.6 Å². The number of imidazole rings is 1. The molecule has 0 saturated carbocycles. The standard InChI is InChI=1S/C9H10ClN3O2S2/c1-13-6-11-9(8(13)10)17(14,15)12-4-7-2-3-16-5-7/h2-3,5-6,12H,4H2,1H3. The topological polar surface area (TPSA) is 64.0 Å². The minimum absolute atomic E-state index is 0.0998. The molecule has 0 unspecified atom stereocenters. The Bertz CT molecular complexity index is 604. The second-order valence-electron chi connectivity index (χ2n) is 3.41. The molecule has 5 nitrogen and oxygen atoms in total. The van der Waals surface area contributed by atoms with Crippen molar-refractivity contribution >= 4 is 33.0 Å². The maximum Gasteiger partial charge on any atom is 0.261 e. The minimum atomic E-state index is -3.66. The number of sulfonamides is 1. The fraction of sp³-hybridized carbons (Fsp3) is 0.222. The Morgan fingerprint density at radius 1 is 1.59 bits per heavy atom. The Kier molecular flexibility index (Phi) is 3.53. The molecule has 2 aromatic rings. The van der Waals surface area contributed by atoms with Gasteiger partial charge in [-0.2, -0.15) is 11.3 Å². The Hall–Kier alpha value is -0.890. The van der Waals surface area contributed by atoms with Crippen LogP contribution in [0.25, 0.3) is 0 Å². The van der Waals surface area contributed by atoms with E-state index in [1.807, 2.05) is 16.8 Å². The Morgan fingerprint density at radius 2 is 2.35 bits per heavy atom. The van der Waals surface area contributed by atoms with Crippen LogP contribution in [0, 0.1) is 0 Å². The monoisotopic (exact) mass is 291 g/mol. The smallest absolute Gasteiger partial charge is 0.261 e. The van der Waals surface area contributed by atoms with E-state index in [1.54, 1.807) is 7.05 Å². The molecule has 2 aromatic heterocycles. The highest BCUT2D eigenvalue weighted by Gasteiger charge is 2.21. The summed E-state index contributed by atoms with van der Waals surface area (Å²) in [5, 5.41) is 3.72. The molecule has 0 aliphatic carbocycles. The molecule has 8 heteroatoms. The molecule has 92 valence electrons. The molecule has 2 rings (SSSR count). The van der Waals surface area contributed by atoms with E-state index in [9.17, 15) is 8.42 Å². The first kappa shape index (κ1) is 12.6. The fourth-order valence-electron chi connectivity index (χ4n) is 1.21. The van der Waals surface area contributed by atoms with Gasteiger partial charge in [-0.1, -0.05) is 11.6 Å². The number of hydrogen-bond donors (Lipinski definition) is 1. The lowest BCUT2D eigenvalue weighted by atomic mass is 10.4. The van der Waals surface area contributed by atoms with Gasteiger partial charge in [0.2, 0.25) is 5.03 Å². The molecule has 0 bridgehead atoms. The number of aryl methyl sites for hydroxylation is 1. The zero-order valence-electron chi connectivity index (χ0n) is 8.92. The van der Waals surface area contributed by atoms with Gasteiger partial charge in [0.25, 0.3) is 10.0 Å². The lowest BCUT2D eigenvalue weighted by molar-refractivity contribution is 0.578. The first-order valence-corrected chi connectivity index (χ1v) is 7.48. The normalized spacial score (nSPS) is 11.9. The second kappa shape index (κ2) is 4.77. The first-order valence-electron chi connectivity index (χ1n) is 4.68. The summed E-state index contributed by atoms with van der Waals surface area (Å²) in [6.07, 6.45) is 1.36. The molecule has 0 spiro atoms. The van der Waals surface area contributed by atoms with Crippen LogP contribution in [0.1, 0.15) is 5.56 Å². The summed E-state index contributed by atoms with van der Waals surface area (Å²) in [6.45, 7) is 0.235. The zero-order chi connectivity index (χ0) is 12.5. The molecule has 1 N–H and O–H groups in total. The van der Waals surface area contributed by atoms with Crippen molar-refractivity contribution in [2.75, 3.05) is 0 Å². The molecule has 0 saturated heterocycles. The lowest BCUT2D eigenvalue weighted by Gasteiger charge is -2.03. The van der Waals surface area contributed by atoms with Gasteiger partial charge in [-0.05, 0) is 22.4 Å². The third-order valence-corrected chi connectivity index (χ3v) is 4.76. The van der Waals surface area contributed by atoms with Crippen LogP contribution in [0.3, 0.4) is 0 Å². The first-order chi connectivity index (χ1) is 8.00. The number of halogens is 1. The molecular weight excluding hydrogens is 282 g/mol. The van der Waals surface area contributed by atoms with Crippen molar-refractivity contribution in [2.45, 2.75) is 11.6 Å². The van der Waals surface area contributed by atoms with Crippen molar-refractivity contribution in [1.82, 2.24) is 14.3 Å². The van der Waals surface area contributed by atoms with Crippen molar-refractivity contribution in [3.05, 3.63) is 33.9 Å². The van der Waals surface area contributed by atoms with Gasteiger partial charge < -0.3 is 4.57 Å². The number of hydrogen-bond acceptors (Lipinski definition) is 4. The predicted octanol–water partition coefficient (Wildman–Crippen LogP) is 1.61. The maximum atomic E-state index is 11.9. The average molecular weight is 292 g/mol. The molecule has 17 heavy (non-hydrogen) atoms. The van der Waals surface area contributed by atoms with Crippen LogP contribution in [0.5, 0.6) is 0 Å². The Morgan fingerprint density at radius 3 is 2.88 bits per heavy atom. The number of nitrogens with zero attached hydrogens (tertiary/aromatic N) is 2. The molecule has 0 fully saturated rings. The van der Waals surface area contributed by atoms with E-state index in [-0.39, 0.29) is 16.7 Å². The highest BCUT2D eigenvalue weighted by Crippen LogP contribution is 2.18. The molecule has 0 aliphatic rings. The van der Waals surface area contributed by atoms with Gasteiger partial charge in [-0.15, -0.1) is 0 Å². The van der Waals surface area contributed by atoms with Gasteiger partial charge in [-0.25, -0.2) is 18.1 Å². The second-order valence-corrected chi connectivity index (χ2v) is 6.23. The van der Waals surface area contributed by atoms with Gasteiger partial charge in [-0.3, -0.25) is 0 Å². The summed E-state index contributed by atoms with van der Waals surface area (Å²) in [7, 11) is -2.02. The van der Waals surface area contributed by atoms with Crippen molar-refractivity contribution in [3.8, 4) is 0 Å². The van der Waals surface area contributed by atoms with E-state index in [4.69, 9.17) is 11.6 Å². The Labute approximate surface area is 108 Å². The molecule has 0 amide bonds. The summed E-state index contributed by atoms with van der Waals surface area (Å²) in [4.78, 5) is 3.77. The van der Waals surface area contributed by atoms with E-state index in [1.165, 1.54) is 22.2 Å². The van der Waals surface area contributed by atoms with Crippen molar-refractivity contribution in [3.63, 3.8) is 0 Å². The Balaban J connectivity index is 2.17. The van der Waals surface area contributed by atoms with Gasteiger partial charge >= 0.3 is 0 Å². The van der Waals surface area contributed by atoms with E-state index >= 15 is 0 Å². The van der Waals surface area contributed by atoms with E-state index < -0.39 is 10.0 Å². The third-order valence-electron chi connectivity index (χ3n) is 2.14. The van der Waals surface area contributed by atoms with Crippen LogP contribution in [0.4, 0.5) is 0 Å². The van der Waals surface area contributed by atoms with Crippen LogP contribution in [-0.4, -0.2) is 18.0 Å². The molecular formula is C9H10ClN3O2S2. The molecule has 2 heterocycles. The number of nitrogens with one attached hydrogen (secondary N) is 1. The summed E-state index contributed by atoms with van der Waals surface area (Å²) in [6, 6.07) is 1.85. The van der Waals surface area contributed by atoms with Crippen molar-refractivity contribution in [1.29, 1.82) is 0 Å². The summed E-state index contributed by atoms with van der Waals surface area (Å²) in [5.41, 5.74) is 0.908. The van der Waals surface area contributed by atoms with Crippen LogP contribution >= 0.6 is 22.9 Å². The highest BCUT2D eigenvalue weighted by molar-refractivity contribution is 7.89. The summed E-state index contributed by atoms with van der Waals surface area (Å²) < 4.78 is 27.7. The van der Waals surface area contributed by atoms with E-state index in [2.05, 4.69) is 9.71 Å². The maximum absolute atomic E-state index is 11.9. The summed E-state index contributed by atoms with van der Waals surface area (Å²) >= 11 is 7.35. The molecule has 0 aromatic carbocycles. The summed E-state index contributed by atoms with van der Waals surface area (Å²) in [5.74, 6) is 0. The fourth-order valence-corrected chi connectivity index (χ4v) is 3.32. The quantitative estimate of drug-likeness (QED) is 0.931. The molecule has 0 aliphatic heterocycles. The lowest BCUT2D eigenvalue weighted by Crippen LogP contribution is -2.23. The van der Waals surface area contributed by atoms with Crippen LogP contribution in [-0.2, 0) is 23.6 Å². The number of rotatable bonds is 4. The van der Waals surface area contributed by atoms with Crippen molar-refractivity contribution < 1.29 is 8.42 Å². The number of aromatic nitrogens is 2. The van der Waals surface area contributed by atoms with Crippen LogP contribution in [0.2, 0.25) is 5.15 Å². The van der Waals surface area contributed by atoms with Crippen LogP contribution in [0.15, 0.2) is 28.2 Å². The highest BCUT2D eigenvalue weighted by atomic mass is 35.5. The molecule has 0 radical (unpaired) electrons. The van der Waals surface area contributed by atoms with Gasteiger partial charge in [0.15, 0.2) is 0 Å². The number of thiophene rings is 1. The average Bonchev–Trinajstić information content (AvgIpc) is 2.88. The van der Waals surface area contributed by atoms with Gasteiger partial charge in [0.05, 0.1) is 6.33 Å². The van der Waals surface area contributed by atoms with E-state index in [0.29, 0.717) is 0 Å². The SMILES string of the molecule is Cn1cnc(S(=O)(=O)NCc2ccsc2)c1Cl. The minimum Gasteiger partial charge on any atom is -0.324 e. The van der Waals surface area contributed by atoms with E-state index in [0.717, 1.165) is 5.56 Å². The van der Waals surface area contributed by atoms with Crippen molar-refractivity contribution in [2.24, 2.45) is 7.05 Å². The van der Waals surface area contributed by atoms with Crippen LogP contribution < -0.4 is 4.72 Å². The molecule has 0 atom stereocenters. The largest absolute Gasteiger partial charge is 0.324 e. The zero-order valence-corrected chi connectivity index (χ0v) is 11.3. The van der Waals surface area contributed by atoms with Gasteiger partial charge in [0.1, 0.15) is 5.15 Å². The third kappa shape index (κ3) is 2.68. The predicted molar refractivity (Wildman–Crippen MR) is 66.6 cm³/mol.